The van der Waals surface area contributed by atoms with Gasteiger partial charge >= 0.3 is 6.03 Å². The molecule has 8 nitrogen and oxygen atoms in total. The number of nitrogens with zero attached hydrogens (tertiary/aromatic N) is 2. The summed E-state index contributed by atoms with van der Waals surface area (Å²) in [6.45, 7) is 11.1. The number of urea groups is 1. The number of fused-ring (bicyclic) bond motifs is 1. The fourth-order valence-corrected chi connectivity index (χ4v) is 5.23. The Hall–Kier alpha value is -4.43. The monoisotopic (exact) mass is 565 g/mol. The maximum absolute atomic E-state index is 13.3. The SMILES string of the molecule is CC(Oc1ccc(C(C)(C)C)cc1NC(=O)Nc1ccc(-c2ccc(CN3CCCC3)cn2)c2ccccc12)C(N)=O. The molecule has 2 heterocycles. The minimum Gasteiger partial charge on any atom is -0.479 e. The van der Waals surface area contributed by atoms with Crippen LogP contribution in [0.5, 0.6) is 5.75 Å². The van der Waals surface area contributed by atoms with Crippen LogP contribution in [0.2, 0.25) is 0 Å². The quantitative estimate of drug-likeness (QED) is 0.220. The predicted octanol–water partition coefficient (Wildman–Crippen LogP) is 6.69. The summed E-state index contributed by atoms with van der Waals surface area (Å²) in [5, 5.41) is 7.81. The third-order valence-corrected chi connectivity index (χ3v) is 7.68. The van der Waals surface area contributed by atoms with Gasteiger partial charge in [0.25, 0.3) is 5.91 Å². The lowest BCUT2D eigenvalue weighted by atomic mass is 9.87. The molecule has 1 aromatic heterocycles. The smallest absolute Gasteiger partial charge is 0.323 e. The standard InChI is InChI=1S/C34H39N5O3/c1-22(32(35)40)42-31-16-12-24(34(2,3)4)19-30(31)38-33(41)37-29-15-13-27(25-9-5-6-10-26(25)29)28-14-11-23(20-36-28)21-39-17-7-8-18-39/h5-6,9-16,19-20,22H,7-8,17-18,21H2,1-4H3,(H2,35,40)(H2,37,38,41). The maximum Gasteiger partial charge on any atom is 0.323 e. The van der Waals surface area contributed by atoms with E-state index in [1.807, 2.05) is 54.7 Å². The largest absolute Gasteiger partial charge is 0.479 e. The summed E-state index contributed by atoms with van der Waals surface area (Å²) in [4.78, 5) is 32.2. The van der Waals surface area contributed by atoms with Gasteiger partial charge in [0.15, 0.2) is 6.10 Å². The highest BCUT2D eigenvalue weighted by Crippen LogP contribution is 2.34. The number of benzene rings is 3. The first-order valence-corrected chi connectivity index (χ1v) is 14.5. The summed E-state index contributed by atoms with van der Waals surface area (Å²) in [7, 11) is 0. The summed E-state index contributed by atoms with van der Waals surface area (Å²) in [6, 6.07) is 21.2. The van der Waals surface area contributed by atoms with E-state index >= 15 is 0 Å². The Labute approximate surface area is 247 Å². The Morgan fingerprint density at radius 3 is 2.33 bits per heavy atom. The number of nitrogens with two attached hydrogens (primary N) is 1. The molecular formula is C34H39N5O3. The van der Waals surface area contributed by atoms with Crippen LogP contribution in [0, 0.1) is 0 Å². The minimum absolute atomic E-state index is 0.160. The molecule has 5 rings (SSSR count). The molecule has 42 heavy (non-hydrogen) atoms. The molecule has 0 aliphatic carbocycles. The minimum atomic E-state index is -0.853. The number of hydrogen-bond acceptors (Lipinski definition) is 5. The van der Waals surface area contributed by atoms with Crippen LogP contribution in [0.1, 0.15) is 51.7 Å². The van der Waals surface area contributed by atoms with Crippen LogP contribution in [0.4, 0.5) is 16.2 Å². The van der Waals surface area contributed by atoms with Gasteiger partial charge in [-0.25, -0.2) is 4.79 Å². The van der Waals surface area contributed by atoms with Gasteiger partial charge in [0, 0.05) is 23.7 Å². The number of primary amides is 1. The molecule has 3 aromatic carbocycles. The summed E-state index contributed by atoms with van der Waals surface area (Å²) in [5.74, 6) is -0.225. The molecule has 0 saturated carbocycles. The van der Waals surface area contributed by atoms with Gasteiger partial charge in [-0.05, 0) is 79.0 Å². The van der Waals surface area contributed by atoms with E-state index in [-0.39, 0.29) is 5.41 Å². The van der Waals surface area contributed by atoms with Gasteiger partial charge in [-0.15, -0.1) is 0 Å². The Bertz CT molecular complexity index is 1590. The molecule has 4 aromatic rings. The lowest BCUT2D eigenvalue weighted by Crippen LogP contribution is -2.31. The lowest BCUT2D eigenvalue weighted by molar-refractivity contribution is -0.123. The Morgan fingerprint density at radius 1 is 0.952 bits per heavy atom. The topological polar surface area (TPSA) is 110 Å². The van der Waals surface area contributed by atoms with Crippen molar-refractivity contribution in [1.82, 2.24) is 9.88 Å². The van der Waals surface area contributed by atoms with Crippen LogP contribution in [0.15, 0.2) is 72.9 Å². The molecule has 4 N–H and O–H groups in total. The van der Waals surface area contributed by atoms with E-state index in [1.54, 1.807) is 13.0 Å². The first-order valence-electron chi connectivity index (χ1n) is 14.5. The summed E-state index contributed by atoms with van der Waals surface area (Å²) in [5.41, 5.74) is 10.5. The molecule has 1 saturated heterocycles. The van der Waals surface area contributed by atoms with Crippen LogP contribution in [0.25, 0.3) is 22.0 Å². The van der Waals surface area contributed by atoms with Gasteiger partial charge in [0.2, 0.25) is 0 Å². The van der Waals surface area contributed by atoms with Crippen molar-refractivity contribution in [1.29, 1.82) is 0 Å². The van der Waals surface area contributed by atoms with Crippen molar-refractivity contribution in [3.8, 4) is 17.0 Å². The maximum atomic E-state index is 13.3. The lowest BCUT2D eigenvalue weighted by Gasteiger charge is -2.23. The molecule has 0 spiro atoms. The number of aromatic nitrogens is 1. The van der Waals surface area contributed by atoms with Gasteiger partial charge in [0.05, 0.1) is 17.1 Å². The Balaban J connectivity index is 1.38. The number of ether oxygens (including phenoxy) is 1. The number of amides is 3. The highest BCUT2D eigenvalue weighted by molar-refractivity contribution is 6.09. The highest BCUT2D eigenvalue weighted by atomic mass is 16.5. The Kier molecular flexibility index (Phi) is 8.45. The average Bonchev–Trinajstić information content (AvgIpc) is 3.47. The number of nitrogens with one attached hydrogen (secondary N) is 2. The van der Waals surface area contributed by atoms with Crippen LogP contribution >= 0.6 is 0 Å². The third-order valence-electron chi connectivity index (χ3n) is 7.68. The average molecular weight is 566 g/mol. The van der Waals surface area contributed by atoms with E-state index < -0.39 is 18.0 Å². The fraction of sp³-hybridized carbons (Fsp3) is 0.324. The molecule has 1 aliphatic rings. The zero-order valence-electron chi connectivity index (χ0n) is 24.7. The van der Waals surface area contributed by atoms with Crippen molar-refractivity contribution in [2.24, 2.45) is 5.73 Å². The summed E-state index contributed by atoms with van der Waals surface area (Å²) >= 11 is 0. The van der Waals surface area contributed by atoms with Gasteiger partial charge in [-0.2, -0.15) is 0 Å². The Morgan fingerprint density at radius 2 is 1.67 bits per heavy atom. The predicted molar refractivity (Wildman–Crippen MR) is 169 cm³/mol. The molecule has 1 atom stereocenters. The van der Waals surface area contributed by atoms with Crippen LogP contribution in [-0.2, 0) is 16.8 Å². The van der Waals surface area contributed by atoms with E-state index in [2.05, 4.69) is 48.4 Å². The van der Waals surface area contributed by atoms with E-state index in [0.717, 1.165) is 47.2 Å². The molecule has 1 aliphatic heterocycles. The van der Waals surface area contributed by atoms with E-state index in [9.17, 15) is 9.59 Å². The normalized spacial score (nSPS) is 14.5. The van der Waals surface area contributed by atoms with Crippen LogP contribution in [-0.4, -0.2) is 41.0 Å². The summed E-state index contributed by atoms with van der Waals surface area (Å²) in [6.07, 6.45) is 3.64. The van der Waals surface area contributed by atoms with E-state index in [0.29, 0.717) is 17.1 Å². The molecule has 1 fully saturated rings. The second-order valence-electron chi connectivity index (χ2n) is 11.9. The first kappa shape index (κ1) is 29.1. The number of carbonyl (C=O) groups excluding carboxylic acids is 2. The van der Waals surface area contributed by atoms with Crippen molar-refractivity contribution < 1.29 is 14.3 Å². The number of pyridine rings is 1. The van der Waals surface area contributed by atoms with Gasteiger partial charge in [0.1, 0.15) is 5.75 Å². The number of carbonyl (C=O) groups is 2. The fourth-order valence-electron chi connectivity index (χ4n) is 5.23. The van der Waals surface area contributed by atoms with Crippen molar-refractivity contribution in [2.45, 2.75) is 58.6 Å². The van der Waals surface area contributed by atoms with Gasteiger partial charge in [-0.3, -0.25) is 14.7 Å². The first-order chi connectivity index (χ1) is 20.1. The zero-order chi connectivity index (χ0) is 29.9. The molecule has 0 bridgehead atoms. The van der Waals surface area contributed by atoms with Crippen molar-refractivity contribution in [3.05, 3.63) is 84.1 Å². The highest BCUT2D eigenvalue weighted by Gasteiger charge is 2.20. The van der Waals surface area contributed by atoms with Gasteiger partial charge < -0.3 is 21.1 Å². The molecule has 1 unspecified atom stereocenters. The third kappa shape index (κ3) is 6.71. The van der Waals surface area contributed by atoms with E-state index in [1.165, 1.54) is 18.4 Å². The number of hydrogen-bond donors (Lipinski definition) is 3. The second-order valence-corrected chi connectivity index (χ2v) is 11.9. The van der Waals surface area contributed by atoms with Crippen molar-refractivity contribution in [3.63, 3.8) is 0 Å². The molecule has 3 amide bonds. The van der Waals surface area contributed by atoms with E-state index in [4.69, 9.17) is 15.5 Å². The molecule has 0 radical (unpaired) electrons. The van der Waals surface area contributed by atoms with Crippen molar-refractivity contribution in [2.75, 3.05) is 23.7 Å². The second kappa shape index (κ2) is 12.2. The van der Waals surface area contributed by atoms with Crippen molar-refractivity contribution >= 4 is 34.1 Å². The van der Waals surface area contributed by atoms with Crippen LogP contribution in [0.3, 0.4) is 0 Å². The number of likely N-dealkylation sites (tertiary alicyclic amines) is 1. The summed E-state index contributed by atoms with van der Waals surface area (Å²) < 4.78 is 5.78. The number of anilines is 2. The molecule has 218 valence electrons. The van der Waals surface area contributed by atoms with Crippen LogP contribution < -0.4 is 21.1 Å². The number of rotatable bonds is 8. The van der Waals surface area contributed by atoms with Gasteiger partial charge in [-0.1, -0.05) is 63.2 Å². The molecular weight excluding hydrogens is 526 g/mol. The zero-order valence-corrected chi connectivity index (χ0v) is 24.7. The molecule has 8 heteroatoms.